The van der Waals surface area contributed by atoms with Crippen molar-refractivity contribution in [2.75, 3.05) is 5.73 Å². The maximum absolute atomic E-state index is 15.0. The van der Waals surface area contributed by atoms with Gasteiger partial charge >= 0.3 is 6.03 Å². The van der Waals surface area contributed by atoms with Crippen LogP contribution in [0.4, 0.5) is 10.6 Å². The number of H-pyrrole nitrogens is 1. The number of aromatic amines is 1. The number of benzene rings is 4. The number of amides is 2. The molecule has 7 rings (SSSR count). The van der Waals surface area contributed by atoms with Gasteiger partial charge in [-0.05, 0) is 59.6 Å². The molecule has 4 aromatic carbocycles. The van der Waals surface area contributed by atoms with Gasteiger partial charge in [0.1, 0.15) is 0 Å². The van der Waals surface area contributed by atoms with Gasteiger partial charge in [-0.25, -0.2) is 4.79 Å². The van der Waals surface area contributed by atoms with Gasteiger partial charge in [0.25, 0.3) is 0 Å². The first-order chi connectivity index (χ1) is 20.5. The Bertz CT molecular complexity index is 1690. The van der Waals surface area contributed by atoms with Crippen molar-refractivity contribution < 1.29 is 4.79 Å². The Morgan fingerprint density at radius 1 is 0.857 bits per heavy atom. The molecule has 1 saturated heterocycles. The Kier molecular flexibility index (Phi) is 6.69. The fraction of sp³-hybridized carbons (Fsp3) is 0.278. The van der Waals surface area contributed by atoms with E-state index in [-0.39, 0.29) is 17.6 Å². The molecular formula is C36H37N5O. The molecule has 2 fully saturated rings. The fourth-order valence-corrected chi connectivity index (χ4v) is 7.33. The van der Waals surface area contributed by atoms with Crippen molar-refractivity contribution >= 4 is 22.8 Å². The number of carbonyl (C=O) groups is 1. The summed E-state index contributed by atoms with van der Waals surface area (Å²) in [6.07, 6.45) is 2.74. The van der Waals surface area contributed by atoms with Crippen molar-refractivity contribution in [2.45, 2.75) is 56.8 Å². The van der Waals surface area contributed by atoms with E-state index in [2.05, 4.69) is 124 Å². The molecule has 42 heavy (non-hydrogen) atoms. The lowest BCUT2D eigenvalue weighted by molar-refractivity contribution is 0.113. The average molecular weight is 556 g/mol. The van der Waals surface area contributed by atoms with Crippen molar-refractivity contribution in [1.82, 2.24) is 20.0 Å². The number of nitrogens with zero attached hydrogens (tertiary/aromatic N) is 3. The Morgan fingerprint density at radius 3 is 2.24 bits per heavy atom. The number of anilines is 1. The number of nitrogens with two attached hydrogens (primary N) is 1. The lowest BCUT2D eigenvalue weighted by Crippen LogP contribution is -2.50. The van der Waals surface area contributed by atoms with Gasteiger partial charge in [-0.2, -0.15) is 5.10 Å². The van der Waals surface area contributed by atoms with Crippen molar-refractivity contribution in [1.29, 1.82) is 0 Å². The first kappa shape index (κ1) is 26.3. The van der Waals surface area contributed by atoms with Crippen LogP contribution >= 0.6 is 0 Å². The van der Waals surface area contributed by atoms with Crippen molar-refractivity contribution in [3.63, 3.8) is 0 Å². The quantitative estimate of drug-likeness (QED) is 0.224. The first-order valence-corrected chi connectivity index (χ1v) is 15.0. The van der Waals surface area contributed by atoms with Gasteiger partial charge in [0.2, 0.25) is 0 Å². The molecule has 6 nitrogen and oxygen atoms in total. The van der Waals surface area contributed by atoms with Gasteiger partial charge in [-0.1, -0.05) is 104 Å². The minimum absolute atomic E-state index is 0.0574. The van der Waals surface area contributed by atoms with Crippen LogP contribution in [0.25, 0.3) is 10.9 Å². The highest BCUT2D eigenvalue weighted by molar-refractivity contribution is 5.89. The number of carbonyl (C=O) groups excluding carboxylic acids is 1. The largest absolute Gasteiger partial charge is 0.382 e. The number of hydrogen-bond acceptors (Lipinski definition) is 3. The molecule has 1 aliphatic heterocycles. The Hall–Kier alpha value is -4.58. The van der Waals surface area contributed by atoms with Crippen LogP contribution in [0.3, 0.4) is 0 Å². The molecule has 1 aromatic heterocycles. The monoisotopic (exact) mass is 555 g/mol. The van der Waals surface area contributed by atoms with E-state index in [9.17, 15) is 0 Å². The molecule has 212 valence electrons. The molecule has 2 amide bonds. The van der Waals surface area contributed by atoms with E-state index in [0.29, 0.717) is 30.7 Å². The standard InChI is InChI=1S/C36H37N5O/c1-25-19-30(20-26-11-5-2-6-12-26)40(23-28-17-18-33-31(21-28)34(37)39-38-33)35(42)41(24-27-13-7-3-8-14-27)36(25)22-32(36)29-15-9-4-10-16-29/h2-18,21,25,30,32H,19-20,22-24H2,1H3,(H3,37,38,39)/t25-,30+,32-,36?/m1/s1. The summed E-state index contributed by atoms with van der Waals surface area (Å²) in [5.41, 5.74) is 11.6. The van der Waals surface area contributed by atoms with E-state index >= 15 is 4.79 Å². The number of fused-ring (bicyclic) bond motifs is 1. The molecule has 1 aliphatic carbocycles. The normalized spacial score (nSPS) is 23.8. The van der Waals surface area contributed by atoms with Gasteiger partial charge in [-0.15, -0.1) is 0 Å². The van der Waals surface area contributed by atoms with Crippen LogP contribution in [0, 0.1) is 5.92 Å². The molecule has 1 saturated carbocycles. The zero-order valence-corrected chi connectivity index (χ0v) is 24.0. The Balaban J connectivity index is 1.31. The highest BCUT2D eigenvalue weighted by Gasteiger charge is 2.65. The molecule has 1 unspecified atom stereocenters. The molecule has 4 atom stereocenters. The summed E-state index contributed by atoms with van der Waals surface area (Å²) >= 11 is 0. The van der Waals surface area contributed by atoms with E-state index in [1.165, 1.54) is 11.1 Å². The van der Waals surface area contributed by atoms with Crippen molar-refractivity contribution in [2.24, 2.45) is 5.92 Å². The predicted octanol–water partition coefficient (Wildman–Crippen LogP) is 7.15. The minimum Gasteiger partial charge on any atom is -0.382 e. The van der Waals surface area contributed by atoms with E-state index in [0.717, 1.165) is 41.3 Å². The van der Waals surface area contributed by atoms with Gasteiger partial charge in [0, 0.05) is 30.4 Å². The van der Waals surface area contributed by atoms with E-state index in [1.54, 1.807) is 0 Å². The highest BCUT2D eigenvalue weighted by Crippen LogP contribution is 2.62. The van der Waals surface area contributed by atoms with Crippen LogP contribution in [0.15, 0.2) is 109 Å². The number of nitrogen functional groups attached to an aromatic ring is 1. The van der Waals surface area contributed by atoms with Crippen LogP contribution in [-0.4, -0.2) is 37.6 Å². The number of aromatic nitrogens is 2. The highest BCUT2D eigenvalue weighted by atomic mass is 16.2. The summed E-state index contributed by atoms with van der Waals surface area (Å²) in [6.45, 7) is 3.48. The number of hydrogen-bond donors (Lipinski definition) is 2. The van der Waals surface area contributed by atoms with Crippen LogP contribution in [0.5, 0.6) is 0 Å². The van der Waals surface area contributed by atoms with E-state index < -0.39 is 0 Å². The van der Waals surface area contributed by atoms with Gasteiger partial charge in [0.15, 0.2) is 5.82 Å². The molecule has 3 N–H and O–H groups in total. The number of urea groups is 1. The van der Waals surface area contributed by atoms with Crippen LogP contribution in [-0.2, 0) is 19.5 Å². The second-order valence-electron chi connectivity index (χ2n) is 12.1. The maximum Gasteiger partial charge on any atom is 0.321 e. The lowest BCUT2D eigenvalue weighted by atomic mass is 9.86. The molecule has 1 spiro atoms. The summed E-state index contributed by atoms with van der Waals surface area (Å²) < 4.78 is 0. The minimum atomic E-state index is -0.225. The third-order valence-corrected chi connectivity index (χ3v) is 9.58. The summed E-state index contributed by atoms with van der Waals surface area (Å²) in [5.74, 6) is 1.12. The smallest absolute Gasteiger partial charge is 0.321 e. The van der Waals surface area contributed by atoms with Crippen molar-refractivity contribution in [3.8, 4) is 0 Å². The number of nitrogens with one attached hydrogen (secondary N) is 1. The summed E-state index contributed by atoms with van der Waals surface area (Å²) in [6, 6.07) is 38.2. The van der Waals surface area contributed by atoms with Gasteiger partial charge in [-0.3, -0.25) is 5.10 Å². The van der Waals surface area contributed by atoms with Crippen LogP contribution < -0.4 is 5.73 Å². The van der Waals surface area contributed by atoms with E-state index in [4.69, 9.17) is 5.73 Å². The van der Waals surface area contributed by atoms with Gasteiger partial charge in [0.05, 0.1) is 11.1 Å². The Labute approximate surface area is 247 Å². The zero-order valence-electron chi connectivity index (χ0n) is 24.0. The van der Waals surface area contributed by atoms with Crippen LogP contribution in [0.1, 0.15) is 47.9 Å². The Morgan fingerprint density at radius 2 is 1.52 bits per heavy atom. The predicted molar refractivity (Wildman–Crippen MR) is 168 cm³/mol. The molecule has 5 aromatic rings. The number of rotatable bonds is 7. The zero-order chi connectivity index (χ0) is 28.7. The maximum atomic E-state index is 15.0. The lowest BCUT2D eigenvalue weighted by Gasteiger charge is -2.37. The molecular weight excluding hydrogens is 518 g/mol. The fourth-order valence-electron chi connectivity index (χ4n) is 7.33. The summed E-state index contributed by atoms with van der Waals surface area (Å²) in [7, 11) is 0. The van der Waals surface area contributed by atoms with Gasteiger partial charge < -0.3 is 15.5 Å². The SMILES string of the molecule is C[C@@H]1C[C@@H](Cc2ccccc2)N(Cc2ccc3[nH]nc(N)c3c2)C(=O)N(Cc2ccccc2)C12C[C@@H]2c1ccccc1. The van der Waals surface area contributed by atoms with E-state index in [1.807, 2.05) is 12.1 Å². The van der Waals surface area contributed by atoms with Crippen LogP contribution in [0.2, 0.25) is 0 Å². The third kappa shape index (κ3) is 4.71. The molecule has 0 radical (unpaired) electrons. The molecule has 2 aliphatic rings. The average Bonchev–Trinajstić information content (AvgIpc) is 3.70. The summed E-state index contributed by atoms with van der Waals surface area (Å²) in [5, 5.41) is 8.07. The second kappa shape index (κ2) is 10.7. The molecule has 6 heteroatoms. The molecule has 2 heterocycles. The second-order valence-corrected chi connectivity index (χ2v) is 12.1. The van der Waals surface area contributed by atoms with Crippen molar-refractivity contribution in [3.05, 3.63) is 131 Å². The third-order valence-electron chi connectivity index (χ3n) is 9.58. The molecule has 0 bridgehead atoms. The topological polar surface area (TPSA) is 78.2 Å². The summed E-state index contributed by atoms with van der Waals surface area (Å²) in [4.78, 5) is 19.4. The first-order valence-electron chi connectivity index (χ1n) is 15.0.